The number of rotatable bonds is 15. The Morgan fingerprint density at radius 2 is 1.37 bits per heavy atom. The van der Waals surface area contributed by atoms with Gasteiger partial charge in [-0.05, 0) is 22.0 Å². The van der Waals surface area contributed by atoms with E-state index in [9.17, 15) is 13.2 Å². The molecule has 1 rings (SSSR count). The van der Waals surface area contributed by atoms with Crippen molar-refractivity contribution in [1.29, 1.82) is 0 Å². The molecule has 1 aliphatic rings. The summed E-state index contributed by atoms with van der Waals surface area (Å²) in [5, 5.41) is 11.0. The molecule has 27 heavy (non-hydrogen) atoms. The van der Waals surface area contributed by atoms with Crippen LogP contribution in [0.25, 0.3) is 0 Å². The smallest absolute Gasteiger partial charge is 0.394 e. The molecule has 0 aromatic carbocycles. The fourth-order valence-electron chi connectivity index (χ4n) is 1.93. The molecule has 158 valence electrons. The molecule has 1 atom stereocenters. The number of hydrogen-bond acceptors (Lipinski definition) is 7. The molecule has 0 amide bonds. The molecular weight excluding hydrogens is 439 g/mol. The molecular formula is C16H25BrF3NO6. The minimum atomic E-state index is -4.48. The van der Waals surface area contributed by atoms with E-state index in [0.29, 0.717) is 50.7 Å². The van der Waals surface area contributed by atoms with Crippen molar-refractivity contribution >= 4 is 15.9 Å². The van der Waals surface area contributed by atoms with Gasteiger partial charge in [0.25, 0.3) is 0 Å². The van der Waals surface area contributed by atoms with Gasteiger partial charge in [-0.2, -0.15) is 13.2 Å². The van der Waals surface area contributed by atoms with Crippen molar-refractivity contribution in [1.82, 2.24) is 5.32 Å². The summed E-state index contributed by atoms with van der Waals surface area (Å²) in [6, 6.07) is 0. The van der Waals surface area contributed by atoms with E-state index in [1.165, 1.54) is 6.20 Å². The standard InChI is InChI=1S/C16H25BrF3NO6/c17-13-11-14(16(18,19)20)15(21-12-13)27-10-9-26-8-7-25-6-5-24-4-3-23-2-1-22/h11-12,15,21-22H,1-10H2. The van der Waals surface area contributed by atoms with Crippen LogP contribution in [-0.4, -0.2) is 83.6 Å². The van der Waals surface area contributed by atoms with Gasteiger partial charge in [-0.25, -0.2) is 0 Å². The zero-order valence-corrected chi connectivity index (χ0v) is 16.4. The van der Waals surface area contributed by atoms with Crippen LogP contribution >= 0.6 is 15.9 Å². The molecule has 0 aliphatic carbocycles. The van der Waals surface area contributed by atoms with Crippen LogP contribution in [0.15, 0.2) is 22.3 Å². The second-order valence-corrected chi connectivity index (χ2v) is 6.13. The van der Waals surface area contributed by atoms with Gasteiger partial charge in [-0.15, -0.1) is 0 Å². The number of alkyl halides is 3. The van der Waals surface area contributed by atoms with E-state index >= 15 is 0 Å². The first-order chi connectivity index (χ1) is 12.9. The number of nitrogens with one attached hydrogen (secondary N) is 1. The van der Waals surface area contributed by atoms with E-state index in [2.05, 4.69) is 21.2 Å². The number of allylic oxidation sites excluding steroid dienone is 2. The van der Waals surface area contributed by atoms with E-state index in [4.69, 9.17) is 28.8 Å². The molecule has 1 aliphatic heterocycles. The van der Waals surface area contributed by atoms with Gasteiger partial charge in [0, 0.05) is 10.7 Å². The maximum atomic E-state index is 12.9. The number of halogens is 4. The number of aliphatic hydroxyl groups excluding tert-OH is 1. The van der Waals surface area contributed by atoms with Crippen molar-refractivity contribution in [3.05, 3.63) is 22.3 Å². The lowest BCUT2D eigenvalue weighted by Crippen LogP contribution is -2.38. The molecule has 0 fully saturated rings. The van der Waals surface area contributed by atoms with Crippen LogP contribution in [0.3, 0.4) is 0 Å². The summed E-state index contributed by atoms with van der Waals surface area (Å²) >= 11 is 3.00. The molecule has 0 saturated carbocycles. The Bertz CT molecular complexity index is 462. The van der Waals surface area contributed by atoms with Crippen LogP contribution in [0, 0.1) is 0 Å². The molecule has 7 nitrogen and oxygen atoms in total. The zero-order valence-electron chi connectivity index (χ0n) is 14.8. The lowest BCUT2D eigenvalue weighted by atomic mass is 10.1. The first kappa shape index (κ1) is 24.3. The molecule has 2 N–H and O–H groups in total. The highest BCUT2D eigenvalue weighted by atomic mass is 79.9. The molecule has 0 spiro atoms. The topological polar surface area (TPSA) is 78.4 Å². The molecule has 0 aromatic rings. The number of aliphatic hydroxyl groups is 1. The van der Waals surface area contributed by atoms with Gasteiger partial charge in [-0.1, -0.05) is 0 Å². The second-order valence-electron chi connectivity index (χ2n) is 5.22. The van der Waals surface area contributed by atoms with Gasteiger partial charge in [0.1, 0.15) is 0 Å². The Kier molecular flexibility index (Phi) is 12.9. The van der Waals surface area contributed by atoms with Crippen LogP contribution < -0.4 is 5.32 Å². The van der Waals surface area contributed by atoms with Crippen LogP contribution in [0.5, 0.6) is 0 Å². The largest absolute Gasteiger partial charge is 0.417 e. The van der Waals surface area contributed by atoms with Crippen LogP contribution in [-0.2, 0) is 23.7 Å². The molecule has 0 radical (unpaired) electrons. The predicted octanol–water partition coefficient (Wildman–Crippen LogP) is 1.72. The molecule has 0 aromatic heterocycles. The highest BCUT2D eigenvalue weighted by Crippen LogP contribution is 2.32. The third kappa shape index (κ3) is 11.7. The quantitative estimate of drug-likeness (QED) is 0.358. The SMILES string of the molecule is OCCOCCOCCOCCOCCOC1NC=C(Br)C=C1C(F)(F)F. The van der Waals surface area contributed by atoms with Gasteiger partial charge < -0.3 is 34.1 Å². The summed E-state index contributed by atoms with van der Waals surface area (Å²) in [4.78, 5) is 0. The van der Waals surface area contributed by atoms with E-state index in [-0.39, 0.29) is 19.8 Å². The normalized spacial score (nSPS) is 17.4. The summed E-state index contributed by atoms with van der Waals surface area (Å²) in [6.45, 7) is 2.72. The molecule has 0 bridgehead atoms. The van der Waals surface area contributed by atoms with E-state index in [1.807, 2.05) is 0 Å². The van der Waals surface area contributed by atoms with Crippen molar-refractivity contribution in [3.8, 4) is 0 Å². The highest BCUT2D eigenvalue weighted by Gasteiger charge is 2.40. The van der Waals surface area contributed by atoms with Crippen molar-refractivity contribution in [2.45, 2.75) is 12.4 Å². The maximum Gasteiger partial charge on any atom is 0.417 e. The lowest BCUT2D eigenvalue weighted by Gasteiger charge is -2.26. The van der Waals surface area contributed by atoms with Gasteiger partial charge in [-0.3, -0.25) is 0 Å². The average Bonchev–Trinajstić information content (AvgIpc) is 2.62. The molecule has 0 saturated heterocycles. The van der Waals surface area contributed by atoms with Gasteiger partial charge in [0.05, 0.1) is 71.6 Å². The number of ether oxygens (including phenoxy) is 5. The average molecular weight is 464 g/mol. The van der Waals surface area contributed by atoms with Crippen molar-refractivity contribution < 1.29 is 42.0 Å². The van der Waals surface area contributed by atoms with Crippen molar-refractivity contribution in [2.24, 2.45) is 0 Å². The number of hydrogen-bond donors (Lipinski definition) is 2. The summed E-state index contributed by atoms with van der Waals surface area (Å²) in [5.74, 6) is 0. The minimum absolute atomic E-state index is 0.00744. The first-order valence-corrected chi connectivity index (χ1v) is 9.18. The summed E-state index contributed by atoms with van der Waals surface area (Å²) in [5.41, 5.74) is -0.804. The Labute approximate surface area is 164 Å². The van der Waals surface area contributed by atoms with Crippen LogP contribution in [0.2, 0.25) is 0 Å². The summed E-state index contributed by atoms with van der Waals surface area (Å²) < 4.78 is 65.1. The van der Waals surface area contributed by atoms with Crippen molar-refractivity contribution in [3.63, 3.8) is 0 Å². The van der Waals surface area contributed by atoms with Gasteiger partial charge in [0.2, 0.25) is 0 Å². The Balaban J connectivity index is 1.96. The molecule has 1 unspecified atom stereocenters. The summed E-state index contributed by atoms with van der Waals surface area (Å²) in [7, 11) is 0. The Hall–Kier alpha value is -0.690. The minimum Gasteiger partial charge on any atom is -0.394 e. The number of dihydropyridines is 1. The fourth-order valence-corrected chi connectivity index (χ4v) is 2.31. The van der Waals surface area contributed by atoms with E-state index < -0.39 is 18.0 Å². The van der Waals surface area contributed by atoms with Gasteiger partial charge in [0.15, 0.2) is 6.23 Å². The fraction of sp³-hybridized carbons (Fsp3) is 0.750. The highest BCUT2D eigenvalue weighted by molar-refractivity contribution is 9.11. The summed E-state index contributed by atoms with van der Waals surface area (Å²) in [6.07, 6.45) is -3.36. The van der Waals surface area contributed by atoms with E-state index in [0.717, 1.165) is 6.08 Å². The van der Waals surface area contributed by atoms with Crippen molar-refractivity contribution in [2.75, 3.05) is 66.1 Å². The Morgan fingerprint density at radius 1 is 0.889 bits per heavy atom. The van der Waals surface area contributed by atoms with Gasteiger partial charge >= 0.3 is 6.18 Å². The lowest BCUT2D eigenvalue weighted by molar-refractivity contribution is -0.116. The molecule has 11 heteroatoms. The second kappa shape index (κ2) is 14.3. The van der Waals surface area contributed by atoms with Crippen LogP contribution in [0.1, 0.15) is 0 Å². The Morgan fingerprint density at radius 3 is 1.85 bits per heavy atom. The monoisotopic (exact) mass is 463 g/mol. The predicted molar refractivity (Wildman–Crippen MR) is 94.4 cm³/mol. The zero-order chi connectivity index (χ0) is 20.0. The third-order valence-corrected chi connectivity index (χ3v) is 3.60. The van der Waals surface area contributed by atoms with Crippen LogP contribution in [0.4, 0.5) is 13.2 Å². The third-order valence-electron chi connectivity index (χ3n) is 3.14. The maximum absolute atomic E-state index is 12.9. The molecule has 1 heterocycles. The van der Waals surface area contributed by atoms with E-state index in [1.54, 1.807) is 0 Å². The first-order valence-electron chi connectivity index (χ1n) is 8.39.